The summed E-state index contributed by atoms with van der Waals surface area (Å²) in [5, 5.41) is 0. The average Bonchev–Trinajstić information content (AvgIpc) is 2.89. The first-order chi connectivity index (χ1) is 13.3. The van der Waals surface area contributed by atoms with Crippen LogP contribution in [0.15, 0.2) is 23.5 Å². The second-order valence-corrected chi connectivity index (χ2v) is 21.8. The minimum atomic E-state index is -1.54. The van der Waals surface area contributed by atoms with Gasteiger partial charge >= 0.3 is 0 Å². The summed E-state index contributed by atoms with van der Waals surface area (Å²) in [6.07, 6.45) is 14.6. The molecule has 0 amide bonds. The van der Waals surface area contributed by atoms with E-state index in [1.807, 2.05) is 0 Å². The molecule has 0 N–H and O–H groups in total. The first-order valence-electron chi connectivity index (χ1n) is 12.1. The van der Waals surface area contributed by atoms with Crippen LogP contribution >= 0.6 is 0 Å². The van der Waals surface area contributed by atoms with Crippen molar-refractivity contribution >= 4 is 16.6 Å². The van der Waals surface area contributed by atoms with Crippen molar-refractivity contribution in [1.29, 1.82) is 0 Å². The van der Waals surface area contributed by atoms with Crippen molar-refractivity contribution in [3.05, 3.63) is 23.5 Å². The second kappa shape index (κ2) is 7.10. The van der Waals surface area contributed by atoms with Gasteiger partial charge in [-0.2, -0.15) is 0 Å². The zero-order valence-electron chi connectivity index (χ0n) is 20.2. The molecule has 2 nitrogen and oxygen atoms in total. The Bertz CT molecular complexity index is 713. The smallest absolute Gasteiger partial charge is 0.242 e. The van der Waals surface area contributed by atoms with Gasteiger partial charge < -0.3 is 8.85 Å². The number of hydrogen-bond donors (Lipinski definition) is 0. The van der Waals surface area contributed by atoms with Gasteiger partial charge in [-0.15, -0.1) is 0 Å². The third-order valence-corrected chi connectivity index (χ3v) is 10.5. The molecule has 0 radical (unpaired) electrons. The van der Waals surface area contributed by atoms with Crippen LogP contribution in [0.25, 0.3) is 0 Å². The van der Waals surface area contributed by atoms with E-state index in [0.29, 0.717) is 16.9 Å². The molecule has 4 aliphatic rings. The summed E-state index contributed by atoms with van der Waals surface area (Å²) in [7, 11) is -3.03. The number of allylic oxidation sites excluding steroid dienone is 3. The molecule has 0 bridgehead atoms. The highest BCUT2D eigenvalue weighted by molar-refractivity contribution is 6.70. The molecule has 0 aromatic carbocycles. The molecule has 0 aromatic rings. The summed E-state index contributed by atoms with van der Waals surface area (Å²) in [4.78, 5) is 0. The molecule has 4 heteroatoms. The molecule has 0 aromatic heterocycles. The van der Waals surface area contributed by atoms with Crippen molar-refractivity contribution in [2.45, 2.75) is 104 Å². The van der Waals surface area contributed by atoms with Crippen molar-refractivity contribution in [3.63, 3.8) is 0 Å². The van der Waals surface area contributed by atoms with Crippen LogP contribution in [0, 0.1) is 28.6 Å². The van der Waals surface area contributed by atoms with Crippen LogP contribution in [0.3, 0.4) is 0 Å². The number of hydrogen-bond acceptors (Lipinski definition) is 2. The van der Waals surface area contributed by atoms with Crippen LogP contribution in [0.1, 0.15) is 58.8 Å². The summed E-state index contributed by atoms with van der Waals surface area (Å²) < 4.78 is 13.1. The largest absolute Gasteiger partial charge is 0.545 e. The Morgan fingerprint density at radius 3 is 2.28 bits per heavy atom. The standard InChI is InChI=1S/C25H44O2Si2/c1-24-15-13-19(26-28(3,4)5)17-18(24)9-10-20-21-11-12-23(27-29(6,7)8)25(21,2)16-14-22(20)24/h13,17,20-23H,9-12,14-16H2,1-8H3/t20?,21?,22?,23-,24?,25?/m0/s1. The van der Waals surface area contributed by atoms with Gasteiger partial charge in [0.2, 0.25) is 8.32 Å². The maximum atomic E-state index is 6.75. The van der Waals surface area contributed by atoms with Gasteiger partial charge in [0, 0.05) is 0 Å². The molecule has 0 saturated heterocycles. The Labute approximate surface area is 181 Å². The molecule has 3 saturated carbocycles. The quantitative estimate of drug-likeness (QED) is 0.428. The molecule has 0 heterocycles. The fraction of sp³-hybridized carbons (Fsp3) is 0.840. The van der Waals surface area contributed by atoms with Crippen LogP contribution in [-0.2, 0) is 8.85 Å². The van der Waals surface area contributed by atoms with E-state index >= 15 is 0 Å². The van der Waals surface area contributed by atoms with Crippen LogP contribution < -0.4 is 0 Å². The van der Waals surface area contributed by atoms with Gasteiger partial charge in [-0.05, 0) is 125 Å². The minimum Gasteiger partial charge on any atom is -0.545 e. The molecule has 4 rings (SSSR count). The van der Waals surface area contributed by atoms with E-state index in [1.54, 1.807) is 5.57 Å². The summed E-state index contributed by atoms with van der Waals surface area (Å²) in [5.41, 5.74) is 2.45. The van der Waals surface area contributed by atoms with E-state index in [4.69, 9.17) is 8.85 Å². The molecular weight excluding hydrogens is 388 g/mol. The van der Waals surface area contributed by atoms with E-state index in [-0.39, 0.29) is 0 Å². The summed E-state index contributed by atoms with van der Waals surface area (Å²) in [6, 6.07) is 0. The molecule has 6 atom stereocenters. The normalized spacial score (nSPS) is 42.3. The van der Waals surface area contributed by atoms with E-state index in [0.717, 1.165) is 17.8 Å². The lowest BCUT2D eigenvalue weighted by atomic mass is 9.48. The van der Waals surface area contributed by atoms with Gasteiger partial charge in [0.25, 0.3) is 0 Å². The fourth-order valence-corrected chi connectivity index (χ4v) is 9.48. The summed E-state index contributed by atoms with van der Waals surface area (Å²) >= 11 is 0. The molecular formula is C25H44O2Si2. The Morgan fingerprint density at radius 1 is 0.897 bits per heavy atom. The van der Waals surface area contributed by atoms with Gasteiger partial charge in [0.05, 0.1) is 11.9 Å². The topological polar surface area (TPSA) is 18.5 Å². The van der Waals surface area contributed by atoms with E-state index < -0.39 is 16.6 Å². The van der Waals surface area contributed by atoms with Gasteiger partial charge in [0.1, 0.15) is 0 Å². The minimum absolute atomic E-state index is 0.355. The fourth-order valence-electron chi connectivity index (χ4n) is 7.39. The van der Waals surface area contributed by atoms with Crippen molar-refractivity contribution in [2.24, 2.45) is 28.6 Å². The van der Waals surface area contributed by atoms with Crippen molar-refractivity contribution in [3.8, 4) is 0 Å². The Hall–Kier alpha value is -0.326. The van der Waals surface area contributed by atoms with Crippen LogP contribution in [-0.4, -0.2) is 22.7 Å². The highest BCUT2D eigenvalue weighted by Crippen LogP contribution is 2.65. The molecule has 29 heavy (non-hydrogen) atoms. The molecule has 5 unspecified atom stereocenters. The predicted octanol–water partition coefficient (Wildman–Crippen LogP) is 7.51. The third-order valence-electron chi connectivity index (χ3n) is 8.61. The number of fused-ring (bicyclic) bond motifs is 5. The average molecular weight is 433 g/mol. The zero-order valence-corrected chi connectivity index (χ0v) is 22.2. The molecule has 0 aliphatic heterocycles. The first-order valence-corrected chi connectivity index (χ1v) is 18.9. The van der Waals surface area contributed by atoms with Crippen molar-refractivity contribution in [1.82, 2.24) is 0 Å². The monoisotopic (exact) mass is 432 g/mol. The van der Waals surface area contributed by atoms with Crippen LogP contribution in [0.2, 0.25) is 39.3 Å². The maximum Gasteiger partial charge on any atom is 0.242 e. The zero-order chi connectivity index (χ0) is 21.2. The summed E-state index contributed by atoms with van der Waals surface area (Å²) in [6.45, 7) is 19.1. The van der Waals surface area contributed by atoms with Gasteiger partial charge in [-0.1, -0.05) is 19.4 Å². The van der Waals surface area contributed by atoms with E-state index in [1.165, 1.54) is 50.7 Å². The molecule has 0 spiro atoms. The lowest BCUT2D eigenvalue weighted by Gasteiger charge is -2.58. The van der Waals surface area contributed by atoms with Crippen LogP contribution in [0.5, 0.6) is 0 Å². The van der Waals surface area contributed by atoms with Crippen LogP contribution in [0.4, 0.5) is 0 Å². The van der Waals surface area contributed by atoms with Gasteiger partial charge in [-0.3, -0.25) is 0 Å². The number of rotatable bonds is 4. The Morgan fingerprint density at radius 2 is 1.62 bits per heavy atom. The third kappa shape index (κ3) is 3.98. The highest BCUT2D eigenvalue weighted by Gasteiger charge is 2.59. The van der Waals surface area contributed by atoms with Gasteiger partial charge in [0.15, 0.2) is 8.32 Å². The molecule has 164 valence electrons. The SMILES string of the molecule is CC12CC=C(O[Si](C)(C)C)C=C1CCC1C2CCC2(C)C1CC[C@@H]2O[Si](C)(C)C. The van der Waals surface area contributed by atoms with Gasteiger partial charge in [-0.25, -0.2) is 0 Å². The van der Waals surface area contributed by atoms with E-state index in [2.05, 4.69) is 65.3 Å². The van der Waals surface area contributed by atoms with Crippen molar-refractivity contribution < 1.29 is 8.85 Å². The highest BCUT2D eigenvalue weighted by atomic mass is 28.4. The second-order valence-electron chi connectivity index (χ2n) is 12.9. The predicted molar refractivity (Wildman–Crippen MR) is 128 cm³/mol. The molecule has 4 aliphatic carbocycles. The lowest BCUT2D eigenvalue weighted by molar-refractivity contribution is -0.0656. The van der Waals surface area contributed by atoms with E-state index in [9.17, 15) is 0 Å². The Kier molecular flexibility index (Phi) is 5.36. The lowest BCUT2D eigenvalue weighted by Crippen LogP contribution is -2.52. The summed E-state index contributed by atoms with van der Waals surface area (Å²) in [5.74, 6) is 3.76. The maximum absolute atomic E-state index is 6.75. The first kappa shape index (κ1) is 21.9. The van der Waals surface area contributed by atoms with Crippen molar-refractivity contribution in [2.75, 3.05) is 0 Å². The molecule has 3 fully saturated rings. The Balaban J connectivity index is 1.54.